The van der Waals surface area contributed by atoms with Crippen LogP contribution in [0.15, 0.2) is 200 Å². The molecule has 1 aromatic heterocycles. The highest BCUT2D eigenvalue weighted by molar-refractivity contribution is 6.20. The lowest BCUT2D eigenvalue weighted by molar-refractivity contribution is 1.18. The van der Waals surface area contributed by atoms with E-state index in [-0.39, 0.29) is 0 Å². The Morgan fingerprint density at radius 3 is 1.43 bits per heavy atom. The molecule has 9 aromatic carbocycles. The van der Waals surface area contributed by atoms with Crippen LogP contribution in [0.1, 0.15) is 5.56 Å². The molecule has 0 atom stereocenters. The van der Waals surface area contributed by atoms with E-state index in [1.165, 1.54) is 43.4 Å². The Kier molecular flexibility index (Phi) is 8.21. The zero-order chi connectivity index (χ0) is 37.4. The van der Waals surface area contributed by atoms with Crippen molar-refractivity contribution in [3.63, 3.8) is 0 Å². The first-order valence-electron chi connectivity index (χ1n) is 18.8. The van der Waals surface area contributed by atoms with Crippen LogP contribution >= 0.6 is 0 Å². The summed E-state index contributed by atoms with van der Waals surface area (Å²) in [5, 5.41) is 16.7. The molecule has 0 N–H and O–H groups in total. The van der Waals surface area contributed by atoms with E-state index in [9.17, 15) is 5.26 Å². The topological polar surface area (TPSA) is 49.6 Å². The second-order valence-corrected chi connectivity index (χ2v) is 14.1. The molecule has 56 heavy (non-hydrogen) atoms. The van der Waals surface area contributed by atoms with Crippen LogP contribution in [0, 0.1) is 11.3 Å². The molecule has 10 aromatic rings. The summed E-state index contributed by atoms with van der Waals surface area (Å²) >= 11 is 0. The number of benzene rings is 9. The molecule has 0 fully saturated rings. The number of nitrogens with zero attached hydrogens (tertiary/aromatic N) is 3. The second kappa shape index (κ2) is 14.0. The van der Waals surface area contributed by atoms with Gasteiger partial charge in [-0.05, 0) is 90.0 Å². The van der Waals surface area contributed by atoms with Crippen molar-refractivity contribution in [2.24, 2.45) is 0 Å². The molecular formula is C53H33N3. The monoisotopic (exact) mass is 711 g/mol. The molecule has 0 radical (unpaired) electrons. The fourth-order valence-corrected chi connectivity index (χ4v) is 7.82. The summed E-state index contributed by atoms with van der Waals surface area (Å²) in [6.45, 7) is 0. The number of fused-ring (bicyclic) bond motifs is 4. The van der Waals surface area contributed by atoms with Gasteiger partial charge >= 0.3 is 0 Å². The highest BCUT2D eigenvalue weighted by Crippen LogP contribution is 2.40. The van der Waals surface area contributed by atoms with Gasteiger partial charge < -0.3 is 0 Å². The Bertz CT molecular complexity index is 3090. The van der Waals surface area contributed by atoms with Gasteiger partial charge in [0.15, 0.2) is 5.82 Å². The van der Waals surface area contributed by atoms with Crippen LogP contribution in [0.3, 0.4) is 0 Å². The van der Waals surface area contributed by atoms with Gasteiger partial charge in [-0.2, -0.15) is 5.26 Å². The van der Waals surface area contributed by atoms with Crippen LogP contribution in [0.4, 0.5) is 0 Å². The highest BCUT2D eigenvalue weighted by atomic mass is 14.9. The fourth-order valence-electron chi connectivity index (χ4n) is 7.82. The number of aromatic nitrogens is 2. The molecule has 0 bridgehead atoms. The smallest absolute Gasteiger partial charge is 0.160 e. The van der Waals surface area contributed by atoms with Gasteiger partial charge in [0.1, 0.15) is 0 Å². The summed E-state index contributed by atoms with van der Waals surface area (Å²) in [6.07, 6.45) is 0. The van der Waals surface area contributed by atoms with Crippen molar-refractivity contribution < 1.29 is 0 Å². The van der Waals surface area contributed by atoms with Crippen LogP contribution in [-0.4, -0.2) is 9.97 Å². The number of rotatable bonds is 6. The predicted octanol–water partition coefficient (Wildman–Crippen LogP) is 13.8. The van der Waals surface area contributed by atoms with Crippen LogP contribution in [0.25, 0.3) is 99.6 Å². The summed E-state index contributed by atoms with van der Waals surface area (Å²) in [6, 6.07) is 72.3. The van der Waals surface area contributed by atoms with Gasteiger partial charge in [0.25, 0.3) is 0 Å². The van der Waals surface area contributed by atoms with E-state index in [0.29, 0.717) is 11.4 Å². The van der Waals surface area contributed by atoms with E-state index in [4.69, 9.17) is 9.97 Å². The van der Waals surface area contributed by atoms with Crippen LogP contribution < -0.4 is 0 Å². The summed E-state index contributed by atoms with van der Waals surface area (Å²) < 4.78 is 0. The molecule has 1 heterocycles. The fraction of sp³-hybridized carbons (Fsp3) is 0. The minimum atomic E-state index is 0.648. The van der Waals surface area contributed by atoms with E-state index in [2.05, 4.69) is 176 Å². The molecule has 0 saturated carbocycles. The quantitative estimate of drug-likeness (QED) is 0.127. The molecule has 0 unspecified atom stereocenters. The van der Waals surface area contributed by atoms with E-state index in [1.54, 1.807) is 0 Å². The van der Waals surface area contributed by atoms with Gasteiger partial charge in [0.2, 0.25) is 0 Å². The molecule has 10 rings (SSSR count). The van der Waals surface area contributed by atoms with Gasteiger partial charge in [-0.15, -0.1) is 0 Å². The van der Waals surface area contributed by atoms with Crippen molar-refractivity contribution >= 4 is 32.3 Å². The normalized spacial score (nSPS) is 11.2. The van der Waals surface area contributed by atoms with Gasteiger partial charge in [0.05, 0.1) is 23.0 Å². The van der Waals surface area contributed by atoms with Crippen molar-refractivity contribution in [1.29, 1.82) is 5.26 Å². The first-order valence-corrected chi connectivity index (χ1v) is 18.8. The largest absolute Gasteiger partial charge is 0.228 e. The van der Waals surface area contributed by atoms with E-state index in [0.717, 1.165) is 50.3 Å². The SMILES string of the molecule is N#Cc1ccc(-c2ccc(-c3cc(-c4ccc(-c5c6ccccc6cc6c5ccc5ccccc56)cc4)nc(-c4ccc(-c5ccccc5)cc4)n3)cc2)cc1. The molecule has 0 spiro atoms. The Morgan fingerprint density at radius 1 is 0.321 bits per heavy atom. The first-order chi connectivity index (χ1) is 27.7. The first kappa shape index (κ1) is 32.9. The van der Waals surface area contributed by atoms with Gasteiger partial charge in [0, 0.05) is 16.7 Å². The zero-order valence-corrected chi connectivity index (χ0v) is 30.4. The summed E-state index contributed by atoms with van der Waals surface area (Å²) in [5.41, 5.74) is 12.2. The molecule has 260 valence electrons. The number of hydrogen-bond donors (Lipinski definition) is 0. The van der Waals surface area contributed by atoms with Crippen LogP contribution in [-0.2, 0) is 0 Å². The summed E-state index contributed by atoms with van der Waals surface area (Å²) in [7, 11) is 0. The van der Waals surface area contributed by atoms with Crippen molar-refractivity contribution in [2.75, 3.05) is 0 Å². The Labute approximate surface area is 325 Å². The summed E-state index contributed by atoms with van der Waals surface area (Å²) in [5.74, 6) is 0.671. The van der Waals surface area contributed by atoms with E-state index < -0.39 is 0 Å². The summed E-state index contributed by atoms with van der Waals surface area (Å²) in [4.78, 5) is 10.3. The Balaban J connectivity index is 1.08. The minimum absolute atomic E-state index is 0.648. The van der Waals surface area contributed by atoms with Crippen molar-refractivity contribution in [1.82, 2.24) is 9.97 Å². The van der Waals surface area contributed by atoms with Gasteiger partial charge in [-0.1, -0.05) is 176 Å². The molecule has 0 aliphatic heterocycles. The lowest BCUT2D eigenvalue weighted by Gasteiger charge is -2.15. The average Bonchev–Trinajstić information content (AvgIpc) is 3.28. The van der Waals surface area contributed by atoms with Crippen molar-refractivity contribution in [2.45, 2.75) is 0 Å². The molecule has 0 amide bonds. The van der Waals surface area contributed by atoms with E-state index in [1.807, 2.05) is 30.3 Å². The highest BCUT2D eigenvalue weighted by Gasteiger charge is 2.15. The predicted molar refractivity (Wildman–Crippen MR) is 232 cm³/mol. The second-order valence-electron chi connectivity index (χ2n) is 14.1. The lowest BCUT2D eigenvalue weighted by atomic mass is 9.89. The number of nitriles is 1. The third kappa shape index (κ3) is 6.06. The molecular weight excluding hydrogens is 679 g/mol. The van der Waals surface area contributed by atoms with Gasteiger partial charge in [-0.3, -0.25) is 0 Å². The third-order valence-corrected chi connectivity index (χ3v) is 10.7. The average molecular weight is 712 g/mol. The zero-order valence-electron chi connectivity index (χ0n) is 30.4. The Morgan fingerprint density at radius 2 is 0.804 bits per heavy atom. The molecule has 3 nitrogen and oxygen atoms in total. The maximum absolute atomic E-state index is 9.25. The van der Waals surface area contributed by atoms with E-state index >= 15 is 0 Å². The minimum Gasteiger partial charge on any atom is -0.228 e. The van der Waals surface area contributed by atoms with Gasteiger partial charge in [-0.25, -0.2) is 9.97 Å². The van der Waals surface area contributed by atoms with Crippen molar-refractivity contribution in [3.05, 3.63) is 206 Å². The lowest BCUT2D eigenvalue weighted by Crippen LogP contribution is -1.96. The molecule has 3 heteroatoms. The van der Waals surface area contributed by atoms with Crippen LogP contribution in [0.2, 0.25) is 0 Å². The Hall–Kier alpha value is -7.67. The molecule has 0 aliphatic carbocycles. The molecule has 0 aliphatic rings. The maximum atomic E-state index is 9.25. The third-order valence-electron chi connectivity index (χ3n) is 10.7. The van der Waals surface area contributed by atoms with Crippen LogP contribution in [0.5, 0.6) is 0 Å². The standard InChI is InChI=1S/C53H33N3/c54-34-35-14-16-37(17-15-35)39-18-22-41(23-19-39)50-33-51(56-53(55-50)44-28-20-38(21-29-44)36-8-2-1-3-9-36)42-24-26-43(27-25-42)52-47-13-7-5-11-45(47)32-49-46-12-6-4-10-40(46)30-31-48(49)52/h1-33H. The molecule has 0 saturated heterocycles. The van der Waals surface area contributed by atoms with Crippen molar-refractivity contribution in [3.8, 4) is 73.4 Å². The number of hydrogen-bond acceptors (Lipinski definition) is 3. The maximum Gasteiger partial charge on any atom is 0.160 e.